The van der Waals surface area contributed by atoms with Gasteiger partial charge in [-0.25, -0.2) is 15.0 Å². The molecule has 8 bridgehead atoms. The van der Waals surface area contributed by atoms with E-state index in [0.717, 1.165) is 111 Å². The van der Waals surface area contributed by atoms with Crippen molar-refractivity contribution in [2.24, 2.45) is 15.0 Å². The fourth-order valence-corrected chi connectivity index (χ4v) is 13.2. The van der Waals surface area contributed by atoms with Gasteiger partial charge in [-0.3, -0.25) is 0 Å². The molecule has 3 N–H and O–H groups in total. The van der Waals surface area contributed by atoms with Gasteiger partial charge in [0.1, 0.15) is 19.1 Å². The monoisotopic (exact) mass is 1270 g/mol. The second-order valence-corrected chi connectivity index (χ2v) is 41.4. The first-order valence-corrected chi connectivity index (χ1v) is 38.1. The standard InChI is InChI=1S/C88H106N6Si/c1-81(2,3)58-40-54(41-59(48-58)82(4,5)6)72-66-32-33-67(89-66)73(55-42-60(83(7,8)9)49-61(43-55)84(10,11)12)69-35-37-71(91-69)75(57-46-64(87(19,20)21)51-65(47-57)88(22,23)24)77-79-78(93-80(94-79)53-30-28-52(29-31-53)38-39-95(25,26)27)76(92-77)74(70-36-34-68(72)90-70)56-44-62(85(13,14)15)50-63(45-56)86(16,17)18/h28-37,40-51,89-90,92H,1-27H3. The number of H-pyrrole nitrogens is 3. The van der Waals surface area contributed by atoms with Crippen LogP contribution in [0.5, 0.6) is 0 Å². The SMILES string of the molecule is CC(C)(C)c1cc(C2=C3C=CC(=N3)C(c3cc(C(C)(C)C)cc(C(C)(C)C)c3)=c3ccc([nH]3)=C(c3cc(C(C)(C)C)cc(C(C)(C)C)c3)c3ccc([nH]3)C(c3cc(C(C)(C)C)cc(C(C)(C)C)c3)=c3[nH]c2c2c3=NC(c3ccc(C#C[Si](C)(C)C)cc3)=N2)cc(C(C)(C)C)c1. The maximum absolute atomic E-state index is 6.03. The smallest absolute Gasteiger partial charge is 0.160 e. The van der Waals surface area contributed by atoms with Crippen molar-refractivity contribution in [2.45, 2.75) is 229 Å². The molecule has 3 aliphatic rings. The first-order chi connectivity index (χ1) is 43.7. The number of fused-ring (bicyclic) bond motifs is 10. The molecular weight excluding hydrogens is 1170 g/mol. The van der Waals surface area contributed by atoms with Gasteiger partial charge in [-0.05, 0) is 171 Å². The van der Waals surface area contributed by atoms with Crippen LogP contribution in [-0.2, 0) is 43.3 Å². The molecule has 492 valence electrons. The summed E-state index contributed by atoms with van der Waals surface area (Å²) >= 11 is 0. The van der Waals surface area contributed by atoms with Crippen LogP contribution in [0, 0.1) is 11.5 Å². The van der Waals surface area contributed by atoms with Gasteiger partial charge in [0.15, 0.2) is 5.84 Å². The van der Waals surface area contributed by atoms with E-state index in [4.69, 9.17) is 15.0 Å². The second-order valence-electron chi connectivity index (χ2n) is 36.7. The van der Waals surface area contributed by atoms with Gasteiger partial charge in [-0.1, -0.05) is 265 Å². The fourth-order valence-electron chi connectivity index (χ4n) is 12.7. The van der Waals surface area contributed by atoms with E-state index in [1.807, 2.05) is 0 Å². The minimum atomic E-state index is -1.63. The van der Waals surface area contributed by atoms with E-state index in [2.05, 4.69) is 346 Å². The fraction of sp³-hybridized carbons (Fsp3) is 0.398. The third kappa shape index (κ3) is 14.1. The summed E-state index contributed by atoms with van der Waals surface area (Å²) in [6.07, 6.45) is 4.51. The van der Waals surface area contributed by atoms with Gasteiger partial charge in [0.2, 0.25) is 0 Å². The van der Waals surface area contributed by atoms with Crippen LogP contribution in [0.4, 0.5) is 5.69 Å². The summed E-state index contributed by atoms with van der Waals surface area (Å²) in [6.45, 7) is 62.7. The van der Waals surface area contributed by atoms with E-state index in [-0.39, 0.29) is 43.3 Å². The summed E-state index contributed by atoms with van der Waals surface area (Å²) in [7, 11) is -1.63. The third-order valence-electron chi connectivity index (χ3n) is 19.0. The first-order valence-electron chi connectivity index (χ1n) is 34.6. The molecular formula is C88H106N6Si. The van der Waals surface area contributed by atoms with Crippen molar-refractivity contribution in [1.82, 2.24) is 15.0 Å². The number of rotatable bonds is 5. The quantitative estimate of drug-likeness (QED) is 0.113. The van der Waals surface area contributed by atoms with Gasteiger partial charge in [-0.2, -0.15) is 0 Å². The Labute approximate surface area is 570 Å². The van der Waals surface area contributed by atoms with E-state index < -0.39 is 8.07 Å². The Morgan fingerprint density at radius 2 is 0.705 bits per heavy atom. The number of hydrogen-bond donors (Lipinski definition) is 3. The Bertz CT molecular complexity index is 4760. The molecule has 0 saturated heterocycles. The van der Waals surface area contributed by atoms with Crippen LogP contribution in [0.15, 0.2) is 154 Å². The molecule has 11 rings (SSSR count). The van der Waals surface area contributed by atoms with Gasteiger partial charge in [0.25, 0.3) is 0 Å². The van der Waals surface area contributed by atoms with E-state index in [0.29, 0.717) is 5.84 Å². The predicted octanol–water partition coefficient (Wildman–Crippen LogP) is 19.5. The zero-order valence-corrected chi connectivity index (χ0v) is 63.5. The first kappa shape index (κ1) is 68.3. The molecule has 0 fully saturated rings. The average molecular weight is 1280 g/mol. The van der Waals surface area contributed by atoms with Crippen molar-refractivity contribution in [2.75, 3.05) is 0 Å². The number of aromatic nitrogens is 3. The molecule has 0 amide bonds. The van der Waals surface area contributed by atoms with Crippen molar-refractivity contribution >= 4 is 47.6 Å². The number of nitrogens with one attached hydrogen (secondary N) is 3. The lowest BCUT2D eigenvalue weighted by Gasteiger charge is -2.27. The van der Waals surface area contributed by atoms with Crippen LogP contribution in [-0.4, -0.2) is 34.6 Å². The van der Waals surface area contributed by atoms with Crippen LogP contribution < -0.4 is 21.4 Å². The lowest BCUT2D eigenvalue weighted by molar-refractivity contribution is 0.567. The molecule has 7 heteroatoms. The Morgan fingerprint density at radius 3 is 1.11 bits per heavy atom. The number of benzene rings is 5. The van der Waals surface area contributed by atoms with E-state index >= 15 is 0 Å². The number of hydrogen-bond acceptors (Lipinski definition) is 3. The Morgan fingerprint density at radius 1 is 0.337 bits per heavy atom. The molecule has 5 aromatic carbocycles. The lowest BCUT2D eigenvalue weighted by atomic mass is 9.78. The van der Waals surface area contributed by atoms with E-state index in [9.17, 15) is 0 Å². The van der Waals surface area contributed by atoms with Gasteiger partial charge >= 0.3 is 0 Å². The Hall–Kier alpha value is -8.05. The van der Waals surface area contributed by atoms with Crippen LogP contribution in [0.1, 0.15) is 261 Å². The lowest BCUT2D eigenvalue weighted by Crippen LogP contribution is -2.27. The normalized spacial score (nSPS) is 15.1. The van der Waals surface area contributed by atoms with Crippen molar-refractivity contribution < 1.29 is 0 Å². The summed E-state index contributed by atoms with van der Waals surface area (Å²) in [4.78, 5) is 30.3. The van der Waals surface area contributed by atoms with Crippen molar-refractivity contribution in [3.63, 3.8) is 0 Å². The maximum atomic E-state index is 6.03. The van der Waals surface area contributed by atoms with Crippen LogP contribution in [0.2, 0.25) is 19.6 Å². The highest BCUT2D eigenvalue weighted by atomic mass is 28.3. The van der Waals surface area contributed by atoms with Crippen molar-refractivity contribution in [1.29, 1.82) is 0 Å². The third-order valence-corrected chi connectivity index (χ3v) is 19.9. The summed E-state index contributed by atoms with van der Waals surface area (Å²) in [6, 6.07) is 46.8. The predicted molar refractivity (Wildman–Crippen MR) is 409 cm³/mol. The average Bonchev–Trinajstić information content (AvgIpc) is 1.59. The molecule has 3 aromatic heterocycles. The summed E-state index contributed by atoms with van der Waals surface area (Å²) in [5.74, 6) is 4.15. The number of amidine groups is 1. The van der Waals surface area contributed by atoms with Crippen molar-refractivity contribution in [3.05, 3.63) is 256 Å². The molecule has 6 nitrogen and oxygen atoms in total. The molecule has 8 aromatic rings. The molecule has 0 atom stereocenters. The van der Waals surface area contributed by atoms with Gasteiger partial charge < -0.3 is 15.0 Å². The molecule has 0 radical (unpaired) electrons. The van der Waals surface area contributed by atoms with Crippen LogP contribution in [0.3, 0.4) is 0 Å². The summed E-state index contributed by atoms with van der Waals surface area (Å²) < 4.78 is 0. The van der Waals surface area contributed by atoms with Crippen LogP contribution >= 0.6 is 0 Å². The Kier molecular flexibility index (Phi) is 16.8. The molecule has 0 unspecified atom stereocenters. The highest BCUT2D eigenvalue weighted by Gasteiger charge is 2.33. The van der Waals surface area contributed by atoms with E-state index in [1.54, 1.807) is 0 Å². The summed E-state index contributed by atoms with van der Waals surface area (Å²) in [5, 5.41) is 3.64. The van der Waals surface area contributed by atoms with Crippen LogP contribution in [0.25, 0.3) is 22.3 Å². The second kappa shape index (κ2) is 23.4. The summed E-state index contributed by atoms with van der Waals surface area (Å²) in [5.41, 5.74) is 28.1. The van der Waals surface area contributed by atoms with E-state index in [1.165, 1.54) is 44.5 Å². The number of aliphatic imine (C=N–C) groups is 2. The highest BCUT2D eigenvalue weighted by molar-refractivity contribution is 6.83. The highest BCUT2D eigenvalue weighted by Crippen LogP contribution is 2.43. The molecule has 6 heterocycles. The molecule has 0 saturated carbocycles. The molecule has 0 aliphatic carbocycles. The topological polar surface area (TPSA) is 84.5 Å². The van der Waals surface area contributed by atoms with Gasteiger partial charge in [-0.15, -0.1) is 5.54 Å². The van der Waals surface area contributed by atoms with Crippen molar-refractivity contribution in [3.8, 4) is 11.5 Å². The maximum Gasteiger partial charge on any atom is 0.160 e. The minimum absolute atomic E-state index is 0.135. The zero-order chi connectivity index (χ0) is 69.5. The Balaban J connectivity index is 1.40. The number of aromatic amines is 3. The minimum Gasteiger partial charge on any atom is -0.354 e. The van der Waals surface area contributed by atoms with Gasteiger partial charge in [0, 0.05) is 55.5 Å². The zero-order valence-electron chi connectivity index (χ0n) is 62.5. The number of allylic oxidation sites excluding steroid dienone is 2. The molecule has 95 heavy (non-hydrogen) atoms. The van der Waals surface area contributed by atoms with Gasteiger partial charge in [0.05, 0.1) is 22.5 Å². The largest absolute Gasteiger partial charge is 0.354 e. The number of nitrogens with zero attached hydrogens (tertiary/aromatic N) is 3. The molecule has 0 spiro atoms. The molecule has 3 aliphatic heterocycles.